The Morgan fingerprint density at radius 1 is 1.12 bits per heavy atom. The van der Waals surface area contributed by atoms with Gasteiger partial charge in [-0.15, -0.1) is 0 Å². The molecule has 0 aromatic heterocycles. The normalized spacial score (nSPS) is 15.9. The van der Waals surface area contributed by atoms with Crippen LogP contribution in [0.5, 0.6) is 0 Å². The van der Waals surface area contributed by atoms with E-state index in [0.29, 0.717) is 13.1 Å². The molecule has 0 radical (unpaired) electrons. The van der Waals surface area contributed by atoms with Crippen molar-refractivity contribution >= 4 is 11.8 Å². The molecule has 0 aromatic rings. The zero-order valence-corrected chi connectivity index (χ0v) is 11.2. The molecule has 0 aliphatic heterocycles. The SMILES string of the molecule is CCN(CC)C(=O)CN(C(C)=O)C1CCCC1. The summed E-state index contributed by atoms with van der Waals surface area (Å²) in [5, 5.41) is 0. The molecule has 1 rings (SSSR count). The molecule has 98 valence electrons. The summed E-state index contributed by atoms with van der Waals surface area (Å²) in [7, 11) is 0. The Morgan fingerprint density at radius 3 is 2.06 bits per heavy atom. The highest BCUT2D eigenvalue weighted by Crippen LogP contribution is 2.23. The van der Waals surface area contributed by atoms with Crippen molar-refractivity contribution in [1.29, 1.82) is 0 Å². The van der Waals surface area contributed by atoms with Crippen LogP contribution in [-0.2, 0) is 9.59 Å². The maximum absolute atomic E-state index is 12.0. The average Bonchev–Trinajstić information content (AvgIpc) is 2.80. The number of likely N-dealkylation sites (N-methyl/N-ethyl adjacent to an activating group) is 1. The van der Waals surface area contributed by atoms with Crippen LogP contribution in [-0.4, -0.2) is 47.3 Å². The minimum atomic E-state index is 0.0254. The van der Waals surface area contributed by atoms with Gasteiger partial charge in [0.2, 0.25) is 11.8 Å². The summed E-state index contributed by atoms with van der Waals surface area (Å²) in [6.07, 6.45) is 4.44. The van der Waals surface area contributed by atoms with Gasteiger partial charge in [0.05, 0.1) is 6.54 Å². The van der Waals surface area contributed by atoms with Crippen molar-refractivity contribution in [2.45, 2.75) is 52.5 Å². The van der Waals surface area contributed by atoms with Crippen LogP contribution in [0.1, 0.15) is 46.5 Å². The van der Waals surface area contributed by atoms with Gasteiger partial charge in [-0.3, -0.25) is 9.59 Å². The first-order valence-electron chi connectivity index (χ1n) is 6.65. The van der Waals surface area contributed by atoms with Crippen molar-refractivity contribution in [1.82, 2.24) is 9.80 Å². The van der Waals surface area contributed by atoms with E-state index in [2.05, 4.69) is 0 Å². The molecule has 2 amide bonds. The minimum absolute atomic E-state index is 0.0254. The molecule has 0 spiro atoms. The van der Waals surface area contributed by atoms with E-state index in [0.717, 1.165) is 12.8 Å². The molecule has 0 aromatic carbocycles. The molecule has 1 aliphatic rings. The maximum atomic E-state index is 12.0. The lowest BCUT2D eigenvalue weighted by atomic mass is 10.2. The molecule has 17 heavy (non-hydrogen) atoms. The van der Waals surface area contributed by atoms with Crippen LogP contribution < -0.4 is 0 Å². The van der Waals surface area contributed by atoms with Gasteiger partial charge in [0.15, 0.2) is 0 Å². The Hall–Kier alpha value is -1.06. The number of carbonyl (C=O) groups excluding carboxylic acids is 2. The summed E-state index contributed by atoms with van der Waals surface area (Å²) in [6, 6.07) is 0.284. The quantitative estimate of drug-likeness (QED) is 0.733. The number of carbonyl (C=O) groups is 2. The van der Waals surface area contributed by atoms with Gasteiger partial charge in [-0.25, -0.2) is 0 Å². The third kappa shape index (κ3) is 3.72. The molecule has 0 saturated heterocycles. The zero-order valence-electron chi connectivity index (χ0n) is 11.2. The van der Waals surface area contributed by atoms with Gasteiger partial charge in [0.25, 0.3) is 0 Å². The Balaban J connectivity index is 2.60. The monoisotopic (exact) mass is 240 g/mol. The number of rotatable bonds is 5. The molecule has 1 fully saturated rings. The number of amides is 2. The van der Waals surface area contributed by atoms with Crippen molar-refractivity contribution in [2.75, 3.05) is 19.6 Å². The molecular weight excluding hydrogens is 216 g/mol. The average molecular weight is 240 g/mol. The first-order chi connectivity index (χ1) is 8.10. The topological polar surface area (TPSA) is 40.6 Å². The second-order valence-corrected chi connectivity index (χ2v) is 4.65. The smallest absolute Gasteiger partial charge is 0.242 e. The third-order valence-electron chi connectivity index (χ3n) is 3.59. The summed E-state index contributed by atoms with van der Waals surface area (Å²) >= 11 is 0. The van der Waals surface area contributed by atoms with Crippen LogP contribution in [0.15, 0.2) is 0 Å². The summed E-state index contributed by atoms with van der Waals surface area (Å²) in [6.45, 7) is 7.18. The Morgan fingerprint density at radius 2 is 1.65 bits per heavy atom. The number of nitrogens with zero attached hydrogens (tertiary/aromatic N) is 2. The Bertz CT molecular complexity index is 269. The zero-order chi connectivity index (χ0) is 12.8. The molecule has 0 atom stereocenters. The second-order valence-electron chi connectivity index (χ2n) is 4.65. The molecule has 0 bridgehead atoms. The lowest BCUT2D eigenvalue weighted by molar-refractivity contribution is -0.141. The van der Waals surface area contributed by atoms with Crippen LogP contribution in [0.3, 0.4) is 0 Å². The summed E-state index contributed by atoms with van der Waals surface area (Å²) in [5.41, 5.74) is 0. The van der Waals surface area contributed by atoms with E-state index < -0.39 is 0 Å². The predicted octanol–water partition coefficient (Wildman–Crippen LogP) is 1.65. The van der Waals surface area contributed by atoms with E-state index in [1.54, 1.807) is 16.7 Å². The van der Waals surface area contributed by atoms with Gasteiger partial charge >= 0.3 is 0 Å². The fourth-order valence-corrected chi connectivity index (χ4v) is 2.54. The van der Waals surface area contributed by atoms with Crippen LogP contribution >= 0.6 is 0 Å². The predicted molar refractivity (Wildman–Crippen MR) is 67.6 cm³/mol. The Kier molecular flexibility index (Phi) is 5.45. The number of hydrogen-bond acceptors (Lipinski definition) is 2. The van der Waals surface area contributed by atoms with Crippen LogP contribution in [0, 0.1) is 0 Å². The van der Waals surface area contributed by atoms with Gasteiger partial charge in [-0.1, -0.05) is 12.8 Å². The van der Waals surface area contributed by atoms with E-state index in [9.17, 15) is 9.59 Å². The fourth-order valence-electron chi connectivity index (χ4n) is 2.54. The highest BCUT2D eigenvalue weighted by molar-refractivity contribution is 5.84. The van der Waals surface area contributed by atoms with Gasteiger partial charge in [0, 0.05) is 26.1 Å². The second kappa shape index (κ2) is 6.62. The summed E-state index contributed by atoms with van der Waals surface area (Å²) in [4.78, 5) is 27.2. The number of hydrogen-bond donors (Lipinski definition) is 0. The van der Waals surface area contributed by atoms with Crippen LogP contribution in [0.2, 0.25) is 0 Å². The van der Waals surface area contributed by atoms with Gasteiger partial charge in [-0.2, -0.15) is 0 Å². The summed E-state index contributed by atoms with van der Waals surface area (Å²) in [5.74, 6) is 0.0921. The molecule has 4 heteroatoms. The van der Waals surface area contributed by atoms with E-state index in [-0.39, 0.29) is 24.4 Å². The molecule has 1 aliphatic carbocycles. The highest BCUT2D eigenvalue weighted by Gasteiger charge is 2.27. The Labute approximate surface area is 104 Å². The molecule has 0 N–H and O–H groups in total. The third-order valence-corrected chi connectivity index (χ3v) is 3.59. The van der Waals surface area contributed by atoms with Crippen LogP contribution in [0.25, 0.3) is 0 Å². The molecular formula is C13H24N2O2. The summed E-state index contributed by atoms with van der Waals surface area (Å²) < 4.78 is 0. The molecule has 4 nitrogen and oxygen atoms in total. The molecule has 0 unspecified atom stereocenters. The molecule has 1 saturated carbocycles. The first kappa shape index (κ1) is 14.0. The van der Waals surface area contributed by atoms with E-state index >= 15 is 0 Å². The largest absolute Gasteiger partial charge is 0.342 e. The van der Waals surface area contributed by atoms with E-state index in [1.165, 1.54) is 12.8 Å². The van der Waals surface area contributed by atoms with Crippen LogP contribution in [0.4, 0.5) is 0 Å². The lowest BCUT2D eigenvalue weighted by Gasteiger charge is -2.29. The van der Waals surface area contributed by atoms with Crippen molar-refractivity contribution in [3.8, 4) is 0 Å². The van der Waals surface area contributed by atoms with Crippen molar-refractivity contribution < 1.29 is 9.59 Å². The maximum Gasteiger partial charge on any atom is 0.242 e. The molecule has 0 heterocycles. The van der Waals surface area contributed by atoms with E-state index in [1.807, 2.05) is 13.8 Å². The van der Waals surface area contributed by atoms with E-state index in [4.69, 9.17) is 0 Å². The van der Waals surface area contributed by atoms with Crippen molar-refractivity contribution in [3.63, 3.8) is 0 Å². The van der Waals surface area contributed by atoms with Gasteiger partial charge in [-0.05, 0) is 26.7 Å². The minimum Gasteiger partial charge on any atom is -0.342 e. The first-order valence-corrected chi connectivity index (χ1v) is 6.65. The standard InChI is InChI=1S/C13H24N2O2/c1-4-14(5-2)13(17)10-15(11(3)16)12-8-6-7-9-12/h12H,4-10H2,1-3H3. The van der Waals surface area contributed by atoms with Crippen molar-refractivity contribution in [2.24, 2.45) is 0 Å². The lowest BCUT2D eigenvalue weighted by Crippen LogP contribution is -2.45. The van der Waals surface area contributed by atoms with Gasteiger partial charge < -0.3 is 9.80 Å². The fraction of sp³-hybridized carbons (Fsp3) is 0.846. The van der Waals surface area contributed by atoms with Crippen molar-refractivity contribution in [3.05, 3.63) is 0 Å². The highest BCUT2D eigenvalue weighted by atomic mass is 16.2. The van der Waals surface area contributed by atoms with Gasteiger partial charge in [0.1, 0.15) is 0 Å².